The van der Waals surface area contributed by atoms with E-state index < -0.39 is 0 Å². The number of hydrogen-bond donors (Lipinski definition) is 4. The van der Waals surface area contributed by atoms with Crippen LogP contribution in [0.2, 0.25) is 0 Å². The molecule has 0 aliphatic rings. The number of anilines is 4. The third kappa shape index (κ3) is 9.65. The molecule has 0 amide bonds. The van der Waals surface area contributed by atoms with E-state index >= 15 is 0 Å². The fraction of sp³-hybridized carbons (Fsp3) is 0.444. The van der Waals surface area contributed by atoms with Gasteiger partial charge < -0.3 is 25.2 Å². The number of nitrogen functional groups attached to an aromatic ring is 1. The largest absolute Gasteiger partial charge is 0.396 e. The minimum atomic E-state index is 0.654. The summed E-state index contributed by atoms with van der Waals surface area (Å²) in [6.45, 7) is 13.4. The van der Waals surface area contributed by atoms with Crippen molar-refractivity contribution in [3.05, 3.63) is 78.9 Å². The minimum absolute atomic E-state index is 0.654. The number of thiol groups is 1. The van der Waals surface area contributed by atoms with Crippen molar-refractivity contribution in [3.63, 3.8) is 0 Å². The van der Waals surface area contributed by atoms with Crippen LogP contribution in [0, 0.1) is 0 Å². The molecule has 7 heteroatoms. The maximum atomic E-state index is 7.17. The van der Waals surface area contributed by atoms with E-state index in [0.717, 1.165) is 76.5 Å². The summed E-state index contributed by atoms with van der Waals surface area (Å²) in [5.41, 5.74) is 18.0. The molecule has 0 aliphatic carbocycles. The lowest BCUT2D eigenvalue weighted by Gasteiger charge is -2.26. The van der Waals surface area contributed by atoms with Gasteiger partial charge in [0.15, 0.2) is 0 Å². The molecule has 0 fully saturated rings. The molecule has 6 nitrogen and oxygen atoms in total. The van der Waals surface area contributed by atoms with E-state index in [2.05, 4.69) is 133 Å². The van der Waals surface area contributed by atoms with Crippen molar-refractivity contribution >= 4 is 46.6 Å². The highest BCUT2D eigenvalue weighted by Gasteiger charge is 2.24. The monoisotopic (exact) mass is 718 g/mol. The molecule has 4 N–H and O–H groups in total. The van der Waals surface area contributed by atoms with Gasteiger partial charge in [-0.2, -0.15) is 0 Å². The number of aromatic amines is 1. The van der Waals surface area contributed by atoms with Crippen molar-refractivity contribution in [2.45, 2.75) is 105 Å². The summed E-state index contributed by atoms with van der Waals surface area (Å²) in [4.78, 5) is 14.1. The van der Waals surface area contributed by atoms with Crippen LogP contribution in [0.3, 0.4) is 0 Å². The van der Waals surface area contributed by atoms with Gasteiger partial charge in [-0.1, -0.05) is 146 Å². The van der Waals surface area contributed by atoms with Crippen LogP contribution in [0.25, 0.3) is 44.7 Å². The SMILES string of the molecule is CCCCCN(CCCCC)c1ccc(-c2c(NS)c(N)c(-c3ccc(N(CCCCC)CCCCC)cc3)c3[nH]c(-c4ccccc4)nc23)cc1. The van der Waals surface area contributed by atoms with Crippen molar-refractivity contribution in [2.24, 2.45) is 0 Å². The summed E-state index contributed by atoms with van der Waals surface area (Å²) < 4.78 is 3.20. The Hall–Kier alpha value is -4.10. The fourth-order valence-electron chi connectivity index (χ4n) is 7.31. The number of H-pyrrole nitrogens is 1. The Labute approximate surface area is 319 Å². The zero-order valence-corrected chi connectivity index (χ0v) is 33.1. The molecular formula is C45H62N6S. The molecule has 5 rings (SSSR count). The number of benzene rings is 4. The summed E-state index contributed by atoms with van der Waals surface area (Å²) >= 11 is 4.65. The summed E-state index contributed by atoms with van der Waals surface area (Å²) in [6.07, 6.45) is 14.8. The maximum absolute atomic E-state index is 7.17. The number of nitrogens with one attached hydrogen (secondary N) is 2. The van der Waals surface area contributed by atoms with Crippen LogP contribution in [0.4, 0.5) is 22.7 Å². The van der Waals surface area contributed by atoms with Crippen LogP contribution >= 0.6 is 12.8 Å². The summed E-state index contributed by atoms with van der Waals surface area (Å²) in [6, 6.07) is 28.3. The molecular weight excluding hydrogens is 657 g/mol. The zero-order valence-electron chi connectivity index (χ0n) is 32.2. The zero-order chi connectivity index (χ0) is 36.7. The Balaban J connectivity index is 1.59. The van der Waals surface area contributed by atoms with Gasteiger partial charge in [0.2, 0.25) is 0 Å². The molecule has 278 valence electrons. The van der Waals surface area contributed by atoms with Gasteiger partial charge in [-0.3, -0.25) is 0 Å². The second-order valence-corrected chi connectivity index (χ2v) is 14.4. The molecule has 0 aliphatic heterocycles. The van der Waals surface area contributed by atoms with Crippen LogP contribution in [0.15, 0.2) is 78.9 Å². The second-order valence-electron chi connectivity index (χ2n) is 14.2. The van der Waals surface area contributed by atoms with Crippen LogP contribution in [0.1, 0.15) is 105 Å². The first-order valence-corrected chi connectivity index (χ1v) is 20.5. The normalized spacial score (nSPS) is 11.3. The highest BCUT2D eigenvalue weighted by atomic mass is 32.1. The number of nitrogens with two attached hydrogens (primary N) is 1. The number of aromatic nitrogens is 2. The lowest BCUT2D eigenvalue weighted by Crippen LogP contribution is -2.25. The Morgan fingerprint density at radius 2 is 1.02 bits per heavy atom. The highest BCUT2D eigenvalue weighted by molar-refractivity contribution is 7.81. The lowest BCUT2D eigenvalue weighted by molar-refractivity contribution is 0.636. The van der Waals surface area contributed by atoms with Crippen LogP contribution in [-0.4, -0.2) is 36.1 Å². The molecule has 0 unspecified atom stereocenters. The molecule has 4 aromatic carbocycles. The second kappa shape index (κ2) is 20.2. The molecule has 0 radical (unpaired) electrons. The van der Waals surface area contributed by atoms with Crippen molar-refractivity contribution in [3.8, 4) is 33.6 Å². The van der Waals surface area contributed by atoms with Crippen molar-refractivity contribution in [1.29, 1.82) is 0 Å². The number of imidazole rings is 1. The number of fused-ring (bicyclic) bond motifs is 1. The average Bonchev–Trinajstić information content (AvgIpc) is 3.62. The number of nitrogens with zero attached hydrogens (tertiary/aromatic N) is 3. The predicted octanol–water partition coefficient (Wildman–Crippen LogP) is 12.8. The average molecular weight is 719 g/mol. The van der Waals surface area contributed by atoms with Gasteiger partial charge in [-0.05, 0) is 61.1 Å². The van der Waals surface area contributed by atoms with Gasteiger partial charge in [-0.25, -0.2) is 4.98 Å². The molecule has 0 spiro atoms. The topological polar surface area (TPSA) is 73.2 Å². The highest BCUT2D eigenvalue weighted by Crippen LogP contribution is 2.47. The van der Waals surface area contributed by atoms with E-state index in [0.29, 0.717) is 5.69 Å². The first kappa shape index (κ1) is 39.1. The number of rotatable bonds is 22. The van der Waals surface area contributed by atoms with Crippen molar-refractivity contribution in [2.75, 3.05) is 46.4 Å². The van der Waals surface area contributed by atoms with E-state index in [1.165, 1.54) is 88.4 Å². The van der Waals surface area contributed by atoms with Crippen molar-refractivity contribution in [1.82, 2.24) is 9.97 Å². The molecule has 0 bridgehead atoms. The van der Waals surface area contributed by atoms with Gasteiger partial charge in [0, 0.05) is 54.2 Å². The van der Waals surface area contributed by atoms with Gasteiger partial charge in [0.1, 0.15) is 5.82 Å². The Morgan fingerprint density at radius 3 is 1.44 bits per heavy atom. The fourth-order valence-corrected chi connectivity index (χ4v) is 7.54. The van der Waals surface area contributed by atoms with Crippen LogP contribution in [-0.2, 0) is 0 Å². The van der Waals surface area contributed by atoms with Gasteiger partial charge in [0.05, 0.1) is 22.4 Å². The molecule has 5 aromatic rings. The van der Waals surface area contributed by atoms with E-state index in [1.54, 1.807) is 0 Å². The molecule has 0 saturated carbocycles. The Kier molecular flexibility index (Phi) is 15.2. The van der Waals surface area contributed by atoms with E-state index in [4.69, 9.17) is 10.7 Å². The van der Waals surface area contributed by atoms with E-state index in [-0.39, 0.29) is 0 Å². The quantitative estimate of drug-likeness (QED) is 0.0326. The first-order valence-electron chi connectivity index (χ1n) is 20.1. The lowest BCUT2D eigenvalue weighted by atomic mass is 9.93. The first-order chi connectivity index (χ1) is 25.5. The minimum Gasteiger partial charge on any atom is -0.396 e. The van der Waals surface area contributed by atoms with Crippen LogP contribution < -0.4 is 20.3 Å². The van der Waals surface area contributed by atoms with Gasteiger partial charge in [0.25, 0.3) is 0 Å². The van der Waals surface area contributed by atoms with E-state index in [9.17, 15) is 0 Å². The smallest absolute Gasteiger partial charge is 0.138 e. The standard InChI is InChI=1S/C45H62N6S/c1-5-9-16-30-50(31-17-10-6-2)37-26-22-34(23-27-37)39-41(46)42(49-52)40(44-43(39)47-45(48-44)36-20-14-13-15-21-36)35-24-28-38(29-25-35)51(32-18-11-7-3)33-19-12-8-4/h13-15,20-29,49,52H,5-12,16-19,30-33,46H2,1-4H3,(H,47,48). The Bertz CT molecular complexity index is 1760. The molecule has 1 heterocycles. The molecule has 0 saturated heterocycles. The van der Waals surface area contributed by atoms with Crippen molar-refractivity contribution < 1.29 is 0 Å². The summed E-state index contributed by atoms with van der Waals surface area (Å²) in [7, 11) is 0. The van der Waals surface area contributed by atoms with Gasteiger partial charge in [-0.15, -0.1) is 0 Å². The van der Waals surface area contributed by atoms with E-state index in [1.807, 2.05) is 6.07 Å². The molecule has 0 atom stereocenters. The van der Waals surface area contributed by atoms with Gasteiger partial charge >= 0.3 is 0 Å². The molecule has 1 aromatic heterocycles. The predicted molar refractivity (Wildman–Crippen MR) is 232 cm³/mol. The summed E-state index contributed by atoms with van der Waals surface area (Å²) in [5.74, 6) is 0.818. The maximum Gasteiger partial charge on any atom is 0.138 e. The third-order valence-corrected chi connectivity index (χ3v) is 10.5. The van der Waals surface area contributed by atoms with Crippen LogP contribution in [0.5, 0.6) is 0 Å². The third-order valence-electron chi connectivity index (χ3n) is 10.3. The molecule has 52 heavy (non-hydrogen) atoms. The number of hydrogen-bond acceptors (Lipinski definition) is 6. The number of unbranched alkanes of at least 4 members (excludes halogenated alkanes) is 8. The Morgan fingerprint density at radius 1 is 0.577 bits per heavy atom. The summed E-state index contributed by atoms with van der Waals surface area (Å²) in [5, 5.41) is 0.